The van der Waals surface area contributed by atoms with Crippen LogP contribution in [0.5, 0.6) is 11.5 Å². The Morgan fingerprint density at radius 3 is 2.57 bits per heavy atom. The van der Waals surface area contributed by atoms with Gasteiger partial charge >= 0.3 is 0 Å². The van der Waals surface area contributed by atoms with Crippen LogP contribution in [0, 0.1) is 0 Å². The molecule has 0 aliphatic carbocycles. The molecule has 2 aromatic rings. The molecule has 4 heteroatoms. The molecular formula is C19H23NO3. The maximum absolute atomic E-state index is 11.8. The fraction of sp³-hybridized carbons (Fsp3) is 0.316. The fourth-order valence-electron chi connectivity index (χ4n) is 2.27. The van der Waals surface area contributed by atoms with Gasteiger partial charge in [-0.1, -0.05) is 36.4 Å². The number of nitrogens with one attached hydrogen (secondary N) is 1. The molecule has 4 nitrogen and oxygen atoms in total. The molecule has 0 bridgehead atoms. The van der Waals surface area contributed by atoms with Gasteiger partial charge in [-0.3, -0.25) is 4.79 Å². The summed E-state index contributed by atoms with van der Waals surface area (Å²) in [5, 5.41) is 2.93. The van der Waals surface area contributed by atoms with Crippen LogP contribution in [0.3, 0.4) is 0 Å². The van der Waals surface area contributed by atoms with E-state index in [1.54, 1.807) is 7.11 Å². The molecule has 0 radical (unpaired) electrons. The molecule has 1 N–H and O–H groups in total. The Hall–Kier alpha value is -2.49. The van der Waals surface area contributed by atoms with Crippen LogP contribution in [0.4, 0.5) is 0 Å². The van der Waals surface area contributed by atoms with Gasteiger partial charge in [0, 0.05) is 13.0 Å². The topological polar surface area (TPSA) is 47.6 Å². The zero-order chi connectivity index (χ0) is 16.3. The van der Waals surface area contributed by atoms with Gasteiger partial charge in [0.05, 0.1) is 13.7 Å². The minimum Gasteiger partial charge on any atom is -0.496 e. The zero-order valence-electron chi connectivity index (χ0n) is 13.5. The largest absolute Gasteiger partial charge is 0.496 e. The lowest BCUT2D eigenvalue weighted by atomic mass is 10.1. The summed E-state index contributed by atoms with van der Waals surface area (Å²) in [4.78, 5) is 11.8. The van der Waals surface area contributed by atoms with Crippen molar-refractivity contribution in [1.29, 1.82) is 0 Å². The van der Waals surface area contributed by atoms with E-state index in [4.69, 9.17) is 9.47 Å². The first kappa shape index (κ1) is 16.9. The third-order valence-electron chi connectivity index (χ3n) is 3.47. The molecule has 0 fully saturated rings. The number of ether oxygens (including phenoxy) is 2. The standard InChI is InChI=1S/C19H23NO3/c1-22-18-11-6-5-8-16(18)13-14-20-19(21)12-7-15-23-17-9-3-2-4-10-17/h2-6,8-11H,7,12-15H2,1H3,(H,20,21). The highest BCUT2D eigenvalue weighted by Crippen LogP contribution is 2.17. The maximum Gasteiger partial charge on any atom is 0.220 e. The highest BCUT2D eigenvalue weighted by atomic mass is 16.5. The van der Waals surface area contributed by atoms with Crippen LogP contribution in [-0.4, -0.2) is 26.2 Å². The van der Waals surface area contributed by atoms with Crippen molar-refractivity contribution in [3.63, 3.8) is 0 Å². The molecule has 0 spiro atoms. The SMILES string of the molecule is COc1ccccc1CCNC(=O)CCCOc1ccccc1. The molecule has 23 heavy (non-hydrogen) atoms. The van der Waals surface area contributed by atoms with Gasteiger partial charge in [-0.25, -0.2) is 0 Å². The minimum absolute atomic E-state index is 0.0524. The van der Waals surface area contributed by atoms with Crippen molar-refractivity contribution in [2.75, 3.05) is 20.3 Å². The van der Waals surface area contributed by atoms with Gasteiger partial charge in [-0.15, -0.1) is 0 Å². The molecule has 0 heterocycles. The molecule has 0 aliphatic rings. The Bertz CT molecular complexity index is 599. The lowest BCUT2D eigenvalue weighted by Gasteiger charge is -2.09. The van der Waals surface area contributed by atoms with Gasteiger partial charge in [-0.2, -0.15) is 0 Å². The fourth-order valence-corrected chi connectivity index (χ4v) is 2.27. The Balaban J connectivity index is 1.60. The molecule has 2 rings (SSSR count). The number of hydrogen-bond acceptors (Lipinski definition) is 3. The number of rotatable bonds is 9. The molecule has 0 aliphatic heterocycles. The van der Waals surface area contributed by atoms with Crippen molar-refractivity contribution in [3.05, 3.63) is 60.2 Å². The maximum atomic E-state index is 11.8. The minimum atomic E-state index is 0.0524. The van der Waals surface area contributed by atoms with Crippen molar-refractivity contribution in [1.82, 2.24) is 5.32 Å². The number of carbonyl (C=O) groups excluding carboxylic acids is 1. The van der Waals surface area contributed by atoms with Gasteiger partial charge < -0.3 is 14.8 Å². The molecular weight excluding hydrogens is 290 g/mol. The van der Waals surface area contributed by atoms with E-state index in [1.165, 1.54) is 0 Å². The third kappa shape index (κ3) is 6.02. The van der Waals surface area contributed by atoms with Crippen molar-refractivity contribution >= 4 is 5.91 Å². The summed E-state index contributed by atoms with van der Waals surface area (Å²) in [6.45, 7) is 1.16. The molecule has 0 atom stereocenters. The van der Waals surface area contributed by atoms with E-state index in [1.807, 2.05) is 54.6 Å². The molecule has 0 aromatic heterocycles. The monoisotopic (exact) mass is 313 g/mol. The first-order valence-electron chi connectivity index (χ1n) is 7.86. The number of para-hydroxylation sites is 2. The first-order chi connectivity index (χ1) is 11.3. The Morgan fingerprint density at radius 1 is 1.04 bits per heavy atom. The lowest BCUT2D eigenvalue weighted by Crippen LogP contribution is -2.25. The van der Waals surface area contributed by atoms with E-state index in [-0.39, 0.29) is 5.91 Å². The van der Waals surface area contributed by atoms with Crippen LogP contribution in [0.25, 0.3) is 0 Å². The average Bonchev–Trinajstić information content (AvgIpc) is 2.60. The molecule has 2 aromatic carbocycles. The molecule has 0 unspecified atom stereocenters. The van der Waals surface area contributed by atoms with Crippen LogP contribution in [0.15, 0.2) is 54.6 Å². The number of methoxy groups -OCH3 is 1. The summed E-state index contributed by atoms with van der Waals surface area (Å²) in [5.41, 5.74) is 1.10. The summed E-state index contributed by atoms with van der Waals surface area (Å²) in [7, 11) is 1.66. The van der Waals surface area contributed by atoms with Crippen molar-refractivity contribution < 1.29 is 14.3 Å². The quantitative estimate of drug-likeness (QED) is 0.723. The Kier molecular flexibility index (Phi) is 6.98. The third-order valence-corrected chi connectivity index (χ3v) is 3.47. The summed E-state index contributed by atoms with van der Waals surface area (Å²) in [5.74, 6) is 1.75. The average molecular weight is 313 g/mol. The summed E-state index contributed by atoms with van der Waals surface area (Å²) < 4.78 is 10.9. The van der Waals surface area contributed by atoms with Gasteiger partial charge in [0.1, 0.15) is 11.5 Å². The van der Waals surface area contributed by atoms with Crippen LogP contribution in [0.1, 0.15) is 18.4 Å². The van der Waals surface area contributed by atoms with Crippen LogP contribution >= 0.6 is 0 Å². The predicted molar refractivity (Wildman–Crippen MR) is 90.9 cm³/mol. The summed E-state index contributed by atoms with van der Waals surface area (Å²) in [6, 6.07) is 17.5. The highest BCUT2D eigenvalue weighted by molar-refractivity contribution is 5.75. The molecule has 0 saturated heterocycles. The van der Waals surface area contributed by atoms with E-state index < -0.39 is 0 Å². The van der Waals surface area contributed by atoms with E-state index in [0.29, 0.717) is 26.0 Å². The predicted octanol–water partition coefficient (Wildman–Crippen LogP) is 3.21. The number of carbonyl (C=O) groups is 1. The number of amides is 1. The van der Waals surface area contributed by atoms with Gasteiger partial charge in [0.15, 0.2) is 0 Å². The van der Waals surface area contributed by atoms with Crippen LogP contribution in [-0.2, 0) is 11.2 Å². The van der Waals surface area contributed by atoms with Gasteiger partial charge in [0.2, 0.25) is 5.91 Å². The normalized spacial score (nSPS) is 10.1. The van der Waals surface area contributed by atoms with Crippen molar-refractivity contribution in [2.45, 2.75) is 19.3 Å². The highest BCUT2D eigenvalue weighted by Gasteiger charge is 2.04. The van der Waals surface area contributed by atoms with Crippen LogP contribution in [0.2, 0.25) is 0 Å². The van der Waals surface area contributed by atoms with E-state index in [2.05, 4.69) is 5.32 Å². The Morgan fingerprint density at radius 2 is 1.78 bits per heavy atom. The van der Waals surface area contributed by atoms with Gasteiger partial charge in [-0.05, 0) is 36.6 Å². The summed E-state index contributed by atoms with van der Waals surface area (Å²) in [6.07, 6.45) is 1.93. The second kappa shape index (κ2) is 9.51. The molecule has 122 valence electrons. The van der Waals surface area contributed by atoms with E-state index in [9.17, 15) is 4.79 Å². The van der Waals surface area contributed by atoms with Crippen molar-refractivity contribution in [3.8, 4) is 11.5 Å². The Labute approximate surface area is 137 Å². The molecule has 1 amide bonds. The van der Waals surface area contributed by atoms with Crippen molar-refractivity contribution in [2.24, 2.45) is 0 Å². The lowest BCUT2D eigenvalue weighted by molar-refractivity contribution is -0.121. The molecule has 0 saturated carbocycles. The van der Waals surface area contributed by atoms with Gasteiger partial charge in [0.25, 0.3) is 0 Å². The van der Waals surface area contributed by atoms with Crippen LogP contribution < -0.4 is 14.8 Å². The second-order valence-electron chi connectivity index (χ2n) is 5.18. The second-order valence-corrected chi connectivity index (χ2v) is 5.18. The summed E-state index contributed by atoms with van der Waals surface area (Å²) >= 11 is 0. The number of benzene rings is 2. The zero-order valence-corrected chi connectivity index (χ0v) is 13.5. The smallest absolute Gasteiger partial charge is 0.220 e. The van der Waals surface area contributed by atoms with E-state index >= 15 is 0 Å². The van der Waals surface area contributed by atoms with E-state index in [0.717, 1.165) is 23.5 Å². The number of hydrogen-bond donors (Lipinski definition) is 1. The first-order valence-corrected chi connectivity index (χ1v) is 7.86.